The Morgan fingerprint density at radius 2 is 1.83 bits per heavy atom. The van der Waals surface area contributed by atoms with Crippen LogP contribution in [0.1, 0.15) is 18.9 Å². The Labute approximate surface area is 181 Å². The number of pyridine rings is 1. The Hall–Kier alpha value is -2.42. The average molecular weight is 444 g/mol. The lowest BCUT2D eigenvalue weighted by molar-refractivity contribution is -0.115. The first kappa shape index (κ1) is 22.3. The van der Waals surface area contributed by atoms with Gasteiger partial charge in [-0.25, -0.2) is 17.7 Å². The highest BCUT2D eigenvalue weighted by atomic mass is 32.2. The minimum atomic E-state index is -3.51. The number of aryl methyl sites for hydroxylation is 1. The minimum absolute atomic E-state index is 0.0688. The van der Waals surface area contributed by atoms with Crippen LogP contribution in [-0.4, -0.2) is 43.0 Å². The van der Waals surface area contributed by atoms with Gasteiger partial charge in [0, 0.05) is 25.2 Å². The molecule has 3 aromatic rings. The zero-order valence-corrected chi connectivity index (χ0v) is 19.0. The molecule has 0 aliphatic carbocycles. The van der Waals surface area contributed by atoms with Crippen molar-refractivity contribution in [2.75, 3.05) is 19.4 Å². The van der Waals surface area contributed by atoms with Gasteiger partial charge in [0.15, 0.2) is 0 Å². The topological polar surface area (TPSA) is 79.4 Å². The number of para-hydroxylation sites is 1. The quantitative estimate of drug-likeness (QED) is 0.551. The summed E-state index contributed by atoms with van der Waals surface area (Å²) in [5.74, 6) is -0.0688. The van der Waals surface area contributed by atoms with E-state index in [1.54, 1.807) is 18.2 Å². The fourth-order valence-corrected chi connectivity index (χ4v) is 4.93. The molecule has 0 saturated carbocycles. The van der Waals surface area contributed by atoms with Crippen molar-refractivity contribution in [3.8, 4) is 0 Å². The number of thioether (sulfide) groups is 1. The first-order chi connectivity index (χ1) is 14.2. The third-order valence-electron chi connectivity index (χ3n) is 4.71. The lowest BCUT2D eigenvalue weighted by Gasteiger charge is -2.16. The van der Waals surface area contributed by atoms with Crippen LogP contribution in [0.25, 0.3) is 10.9 Å². The second-order valence-electron chi connectivity index (χ2n) is 7.11. The van der Waals surface area contributed by atoms with Crippen LogP contribution >= 0.6 is 11.8 Å². The first-order valence-electron chi connectivity index (χ1n) is 9.59. The summed E-state index contributed by atoms with van der Waals surface area (Å²) < 4.78 is 26.0. The number of sulfonamides is 1. The monoisotopic (exact) mass is 443 g/mol. The highest BCUT2D eigenvalue weighted by molar-refractivity contribution is 8.00. The number of rotatable bonds is 7. The van der Waals surface area contributed by atoms with Crippen molar-refractivity contribution < 1.29 is 13.2 Å². The number of hydrogen-bond donors (Lipinski definition) is 1. The minimum Gasteiger partial charge on any atom is -0.325 e. The Balaban J connectivity index is 1.86. The number of carbonyl (C=O) groups excluding carboxylic acids is 1. The number of nitrogens with zero attached hydrogens (tertiary/aromatic N) is 2. The van der Waals surface area contributed by atoms with Crippen LogP contribution in [0.4, 0.5) is 5.69 Å². The number of carbonyl (C=O) groups is 1. The molecule has 0 spiro atoms. The molecule has 1 aromatic heterocycles. The Morgan fingerprint density at radius 3 is 2.47 bits per heavy atom. The van der Waals surface area contributed by atoms with Gasteiger partial charge in [0.25, 0.3) is 0 Å². The van der Waals surface area contributed by atoms with Crippen LogP contribution in [0.2, 0.25) is 0 Å². The number of hydrogen-bond acceptors (Lipinski definition) is 5. The smallest absolute Gasteiger partial charge is 0.242 e. The summed E-state index contributed by atoms with van der Waals surface area (Å²) >= 11 is 1.41. The third kappa shape index (κ3) is 4.83. The van der Waals surface area contributed by atoms with Crippen LogP contribution in [0.5, 0.6) is 0 Å². The summed E-state index contributed by atoms with van der Waals surface area (Å²) in [4.78, 5) is 17.6. The largest absolute Gasteiger partial charge is 0.325 e. The maximum absolute atomic E-state index is 12.7. The van der Waals surface area contributed by atoms with Crippen molar-refractivity contribution in [1.29, 1.82) is 0 Å². The van der Waals surface area contributed by atoms with Crippen LogP contribution in [0.3, 0.4) is 0 Å². The van der Waals surface area contributed by atoms with Gasteiger partial charge in [-0.1, -0.05) is 36.9 Å². The highest BCUT2D eigenvalue weighted by Crippen LogP contribution is 2.30. The number of fused-ring (bicyclic) bond motifs is 1. The normalized spacial score (nSPS) is 12.8. The molecule has 1 heterocycles. The number of benzene rings is 2. The number of nitrogens with one attached hydrogen (secondary N) is 1. The summed E-state index contributed by atoms with van der Waals surface area (Å²) in [6.07, 6.45) is 0.655. The molecule has 0 aliphatic heterocycles. The second kappa shape index (κ2) is 9.16. The molecule has 30 heavy (non-hydrogen) atoms. The maximum Gasteiger partial charge on any atom is 0.242 e. The van der Waals surface area contributed by atoms with Crippen LogP contribution in [-0.2, 0) is 14.8 Å². The van der Waals surface area contributed by atoms with Crippen LogP contribution < -0.4 is 5.32 Å². The SMILES string of the molecule is CC[C@H](Sc1cc(C)c2cc(S(=O)(=O)N(C)C)ccc2n1)C(=O)Nc1ccccc1. The fourth-order valence-electron chi connectivity index (χ4n) is 2.99. The molecule has 158 valence electrons. The standard InChI is InChI=1S/C22H25N3O3S2/c1-5-20(22(26)23-16-9-7-6-8-10-16)29-21-13-15(2)18-14-17(11-12-19(18)24-21)30(27,28)25(3)4/h6-14,20H,5H2,1-4H3,(H,23,26)/t20-/m0/s1. The molecule has 8 heteroatoms. The molecule has 0 radical (unpaired) electrons. The van der Waals surface area contributed by atoms with Gasteiger partial charge < -0.3 is 5.32 Å². The van der Waals surface area contributed by atoms with Crippen molar-refractivity contribution in [2.45, 2.75) is 35.4 Å². The molecule has 1 amide bonds. The molecule has 0 fully saturated rings. The lowest BCUT2D eigenvalue weighted by atomic mass is 10.1. The summed E-state index contributed by atoms with van der Waals surface area (Å²) in [5, 5.41) is 4.17. The Bertz CT molecular complexity index is 1160. The van der Waals surface area contributed by atoms with E-state index >= 15 is 0 Å². The Kier molecular flexibility index (Phi) is 6.80. The van der Waals surface area contributed by atoms with E-state index in [9.17, 15) is 13.2 Å². The predicted molar refractivity (Wildman–Crippen MR) is 122 cm³/mol. The van der Waals surface area contributed by atoms with Gasteiger partial charge in [-0.3, -0.25) is 4.79 Å². The maximum atomic E-state index is 12.7. The van der Waals surface area contributed by atoms with Crippen molar-refractivity contribution in [1.82, 2.24) is 9.29 Å². The van der Waals surface area contributed by atoms with Gasteiger partial charge in [-0.05, 0) is 55.3 Å². The van der Waals surface area contributed by atoms with Gasteiger partial charge >= 0.3 is 0 Å². The zero-order chi connectivity index (χ0) is 21.9. The summed E-state index contributed by atoms with van der Waals surface area (Å²) in [5.41, 5.74) is 2.38. The molecule has 1 N–H and O–H groups in total. The third-order valence-corrected chi connectivity index (χ3v) is 7.80. The van der Waals surface area contributed by atoms with Gasteiger partial charge in [0.05, 0.1) is 20.7 Å². The molecule has 0 saturated heterocycles. The lowest BCUT2D eigenvalue weighted by Crippen LogP contribution is -2.24. The molecule has 6 nitrogen and oxygen atoms in total. The molecule has 0 unspecified atom stereocenters. The van der Waals surface area contributed by atoms with Crippen molar-refractivity contribution in [3.05, 3.63) is 60.2 Å². The van der Waals surface area contributed by atoms with E-state index in [4.69, 9.17) is 0 Å². The van der Waals surface area contributed by atoms with Crippen molar-refractivity contribution in [2.24, 2.45) is 0 Å². The number of amides is 1. The summed E-state index contributed by atoms with van der Waals surface area (Å²) in [6.45, 7) is 3.89. The van der Waals surface area contributed by atoms with E-state index in [0.29, 0.717) is 11.9 Å². The van der Waals surface area contributed by atoms with Gasteiger partial charge in [0.1, 0.15) is 0 Å². The fraction of sp³-hybridized carbons (Fsp3) is 0.273. The van der Waals surface area contributed by atoms with Gasteiger partial charge in [-0.2, -0.15) is 0 Å². The first-order valence-corrected chi connectivity index (χ1v) is 11.9. The van der Waals surface area contributed by atoms with E-state index in [1.807, 2.05) is 50.2 Å². The molecule has 1 atom stereocenters. The van der Waals surface area contributed by atoms with E-state index in [1.165, 1.54) is 30.2 Å². The predicted octanol–water partition coefficient (Wildman–Crippen LogP) is 4.30. The van der Waals surface area contributed by atoms with E-state index in [0.717, 1.165) is 21.7 Å². The number of aromatic nitrogens is 1. The second-order valence-corrected chi connectivity index (χ2v) is 10.5. The summed E-state index contributed by atoms with van der Waals surface area (Å²) in [7, 11) is -0.492. The molecule has 3 rings (SSSR count). The molecular formula is C22H25N3O3S2. The zero-order valence-electron chi connectivity index (χ0n) is 17.4. The van der Waals surface area contributed by atoms with Gasteiger partial charge in [0.2, 0.25) is 15.9 Å². The van der Waals surface area contributed by atoms with Crippen molar-refractivity contribution in [3.63, 3.8) is 0 Å². The van der Waals surface area contributed by atoms with E-state index < -0.39 is 10.0 Å². The average Bonchev–Trinajstić information content (AvgIpc) is 2.72. The Morgan fingerprint density at radius 1 is 1.13 bits per heavy atom. The van der Waals surface area contributed by atoms with Gasteiger partial charge in [-0.15, -0.1) is 0 Å². The molecule has 0 bridgehead atoms. The van der Waals surface area contributed by atoms with E-state index in [-0.39, 0.29) is 16.1 Å². The van der Waals surface area contributed by atoms with Crippen LogP contribution in [0.15, 0.2) is 64.5 Å². The molecular weight excluding hydrogens is 418 g/mol. The van der Waals surface area contributed by atoms with E-state index in [2.05, 4.69) is 10.3 Å². The highest BCUT2D eigenvalue weighted by Gasteiger charge is 2.21. The molecule has 2 aromatic carbocycles. The summed E-state index contributed by atoms with van der Waals surface area (Å²) in [6, 6.07) is 16.2. The van der Waals surface area contributed by atoms with Crippen molar-refractivity contribution >= 4 is 44.3 Å². The van der Waals surface area contributed by atoms with Crippen LogP contribution in [0, 0.1) is 6.92 Å². The molecule has 0 aliphatic rings. The number of anilines is 1.